The quantitative estimate of drug-likeness (QED) is 0.673. The maximum absolute atomic E-state index is 9.30. The van der Waals surface area contributed by atoms with E-state index in [0.717, 1.165) is 19.4 Å². The van der Waals surface area contributed by atoms with E-state index in [1.165, 1.54) is 0 Å². The highest BCUT2D eigenvalue weighted by molar-refractivity contribution is 4.77. The van der Waals surface area contributed by atoms with Crippen LogP contribution in [0.25, 0.3) is 0 Å². The first kappa shape index (κ1) is 11.9. The first-order valence-corrected chi connectivity index (χ1v) is 5.30. The molecule has 4 atom stereocenters. The van der Waals surface area contributed by atoms with Gasteiger partial charge in [0.25, 0.3) is 0 Å². The number of aliphatic hydroxyl groups excluding tert-OH is 1. The molecule has 0 aromatic rings. The zero-order valence-corrected chi connectivity index (χ0v) is 8.98. The van der Waals surface area contributed by atoms with Crippen LogP contribution in [0.2, 0.25) is 0 Å². The fraction of sp³-hybridized carbons (Fsp3) is 1.00. The van der Waals surface area contributed by atoms with Crippen LogP contribution < -0.4 is 5.73 Å². The molecule has 0 saturated carbocycles. The van der Waals surface area contributed by atoms with Crippen molar-refractivity contribution >= 4 is 0 Å². The summed E-state index contributed by atoms with van der Waals surface area (Å²) >= 11 is 0. The molecule has 1 heterocycles. The standard InChI is InChI=1S/C10H21NO3/c1-7(12)8(2)14-10(6-11)9-4-3-5-13-9/h7-10,12H,3-6,11H2,1-2H3. The molecular formula is C10H21NO3. The molecule has 14 heavy (non-hydrogen) atoms. The Balaban J connectivity index is 2.37. The summed E-state index contributed by atoms with van der Waals surface area (Å²) in [6, 6.07) is 0. The van der Waals surface area contributed by atoms with E-state index in [1.807, 2.05) is 6.92 Å². The van der Waals surface area contributed by atoms with Crippen LogP contribution in [0, 0.1) is 0 Å². The predicted molar refractivity (Wildman–Crippen MR) is 54.0 cm³/mol. The minimum absolute atomic E-state index is 0.0814. The lowest BCUT2D eigenvalue weighted by molar-refractivity contribution is -0.105. The highest BCUT2D eigenvalue weighted by Gasteiger charge is 2.27. The summed E-state index contributed by atoms with van der Waals surface area (Å²) < 4.78 is 11.1. The first-order valence-electron chi connectivity index (χ1n) is 5.30. The van der Waals surface area contributed by atoms with Crippen molar-refractivity contribution in [3.8, 4) is 0 Å². The monoisotopic (exact) mass is 203 g/mol. The van der Waals surface area contributed by atoms with E-state index in [-0.39, 0.29) is 18.3 Å². The second-order valence-electron chi connectivity index (χ2n) is 3.91. The van der Waals surface area contributed by atoms with Crippen LogP contribution in [0.4, 0.5) is 0 Å². The Bertz CT molecular complexity index is 157. The van der Waals surface area contributed by atoms with E-state index in [2.05, 4.69) is 0 Å². The van der Waals surface area contributed by atoms with Crippen molar-refractivity contribution in [2.75, 3.05) is 13.2 Å². The molecule has 0 aliphatic carbocycles. The Hall–Kier alpha value is -0.160. The third kappa shape index (κ3) is 3.20. The Morgan fingerprint density at radius 2 is 2.29 bits per heavy atom. The van der Waals surface area contributed by atoms with Gasteiger partial charge in [-0.1, -0.05) is 0 Å². The zero-order chi connectivity index (χ0) is 10.6. The molecule has 1 fully saturated rings. The minimum Gasteiger partial charge on any atom is -0.391 e. The average Bonchev–Trinajstić information content (AvgIpc) is 2.66. The fourth-order valence-electron chi connectivity index (χ4n) is 1.58. The van der Waals surface area contributed by atoms with Gasteiger partial charge in [-0.25, -0.2) is 0 Å². The van der Waals surface area contributed by atoms with Crippen LogP contribution in [0.5, 0.6) is 0 Å². The normalized spacial score (nSPS) is 28.7. The summed E-state index contributed by atoms with van der Waals surface area (Å²) in [5.41, 5.74) is 5.61. The van der Waals surface area contributed by atoms with Crippen LogP contribution in [0.3, 0.4) is 0 Å². The molecule has 4 heteroatoms. The fourth-order valence-corrected chi connectivity index (χ4v) is 1.58. The van der Waals surface area contributed by atoms with Crippen molar-refractivity contribution in [3.05, 3.63) is 0 Å². The minimum atomic E-state index is -0.467. The summed E-state index contributed by atoms with van der Waals surface area (Å²) in [5.74, 6) is 0. The largest absolute Gasteiger partial charge is 0.391 e. The number of ether oxygens (including phenoxy) is 2. The summed E-state index contributed by atoms with van der Waals surface area (Å²) in [6.07, 6.45) is 1.46. The van der Waals surface area contributed by atoms with Gasteiger partial charge in [-0.2, -0.15) is 0 Å². The maximum Gasteiger partial charge on any atom is 0.0963 e. The molecule has 1 aliphatic rings. The zero-order valence-electron chi connectivity index (χ0n) is 8.98. The van der Waals surface area contributed by atoms with E-state index in [4.69, 9.17) is 15.2 Å². The summed E-state index contributed by atoms with van der Waals surface area (Å²) in [7, 11) is 0. The third-order valence-electron chi connectivity index (χ3n) is 2.68. The van der Waals surface area contributed by atoms with Crippen molar-refractivity contribution in [2.24, 2.45) is 5.73 Å². The molecule has 1 rings (SSSR count). The summed E-state index contributed by atoms with van der Waals surface area (Å²) in [6.45, 7) is 4.81. The average molecular weight is 203 g/mol. The van der Waals surface area contributed by atoms with Gasteiger partial charge in [-0.15, -0.1) is 0 Å². The number of aliphatic hydroxyl groups is 1. The van der Waals surface area contributed by atoms with Gasteiger partial charge in [0.05, 0.1) is 24.4 Å². The van der Waals surface area contributed by atoms with Gasteiger partial charge in [0.15, 0.2) is 0 Å². The van der Waals surface area contributed by atoms with Crippen molar-refractivity contribution in [1.29, 1.82) is 0 Å². The van der Waals surface area contributed by atoms with Gasteiger partial charge in [0.2, 0.25) is 0 Å². The lowest BCUT2D eigenvalue weighted by Crippen LogP contribution is -2.40. The maximum atomic E-state index is 9.30. The van der Waals surface area contributed by atoms with Crippen LogP contribution in [0.15, 0.2) is 0 Å². The number of nitrogens with two attached hydrogens (primary N) is 1. The molecule has 0 aromatic heterocycles. The van der Waals surface area contributed by atoms with E-state index >= 15 is 0 Å². The molecule has 0 amide bonds. The van der Waals surface area contributed by atoms with Gasteiger partial charge in [-0.05, 0) is 26.7 Å². The molecule has 1 saturated heterocycles. The van der Waals surface area contributed by atoms with Crippen LogP contribution in [-0.4, -0.2) is 42.7 Å². The summed E-state index contributed by atoms with van der Waals surface area (Å²) in [5, 5.41) is 9.30. The topological polar surface area (TPSA) is 64.7 Å². The lowest BCUT2D eigenvalue weighted by atomic mass is 10.1. The molecule has 3 N–H and O–H groups in total. The van der Waals surface area contributed by atoms with Crippen molar-refractivity contribution in [2.45, 2.75) is 51.1 Å². The SMILES string of the molecule is CC(O)C(C)OC(CN)C1CCCO1. The Kier molecular flexibility index (Phi) is 4.81. The van der Waals surface area contributed by atoms with Crippen LogP contribution in [0.1, 0.15) is 26.7 Å². The van der Waals surface area contributed by atoms with Gasteiger partial charge in [-0.3, -0.25) is 0 Å². The Morgan fingerprint density at radius 1 is 1.57 bits per heavy atom. The van der Waals surface area contributed by atoms with E-state index in [1.54, 1.807) is 6.92 Å². The van der Waals surface area contributed by atoms with Crippen molar-refractivity contribution in [3.63, 3.8) is 0 Å². The molecular weight excluding hydrogens is 182 g/mol. The van der Waals surface area contributed by atoms with Gasteiger partial charge < -0.3 is 20.3 Å². The predicted octanol–water partition coefficient (Wildman–Crippen LogP) is 0.279. The van der Waals surface area contributed by atoms with E-state index in [0.29, 0.717) is 6.54 Å². The van der Waals surface area contributed by atoms with Gasteiger partial charge in [0, 0.05) is 13.2 Å². The smallest absolute Gasteiger partial charge is 0.0963 e. The highest BCUT2D eigenvalue weighted by atomic mass is 16.6. The molecule has 4 nitrogen and oxygen atoms in total. The lowest BCUT2D eigenvalue weighted by Gasteiger charge is -2.26. The van der Waals surface area contributed by atoms with Crippen molar-refractivity contribution < 1.29 is 14.6 Å². The first-order chi connectivity index (χ1) is 6.65. The Morgan fingerprint density at radius 3 is 2.71 bits per heavy atom. The molecule has 0 aromatic carbocycles. The molecule has 0 spiro atoms. The second-order valence-corrected chi connectivity index (χ2v) is 3.91. The van der Waals surface area contributed by atoms with Gasteiger partial charge >= 0.3 is 0 Å². The molecule has 0 bridgehead atoms. The number of hydrogen-bond donors (Lipinski definition) is 2. The third-order valence-corrected chi connectivity index (χ3v) is 2.68. The summed E-state index contributed by atoms with van der Waals surface area (Å²) in [4.78, 5) is 0. The number of rotatable bonds is 5. The van der Waals surface area contributed by atoms with E-state index in [9.17, 15) is 5.11 Å². The van der Waals surface area contributed by atoms with Gasteiger partial charge in [0.1, 0.15) is 0 Å². The molecule has 1 aliphatic heterocycles. The molecule has 0 radical (unpaired) electrons. The van der Waals surface area contributed by atoms with Crippen LogP contribution >= 0.6 is 0 Å². The second kappa shape index (κ2) is 5.66. The number of hydrogen-bond acceptors (Lipinski definition) is 4. The molecule has 4 unspecified atom stereocenters. The van der Waals surface area contributed by atoms with Crippen LogP contribution in [-0.2, 0) is 9.47 Å². The van der Waals surface area contributed by atoms with Crippen molar-refractivity contribution in [1.82, 2.24) is 0 Å². The van der Waals surface area contributed by atoms with E-state index < -0.39 is 6.10 Å². The molecule has 84 valence electrons. The highest BCUT2D eigenvalue weighted by Crippen LogP contribution is 2.19. The Labute approximate surface area is 85.4 Å².